The van der Waals surface area contributed by atoms with Crippen molar-refractivity contribution < 1.29 is 0 Å². The van der Waals surface area contributed by atoms with Crippen molar-refractivity contribution in [3.05, 3.63) is 71.0 Å². The molecule has 29 heavy (non-hydrogen) atoms. The first-order chi connectivity index (χ1) is 14.2. The second-order valence-corrected chi connectivity index (χ2v) is 8.41. The molecule has 1 aliphatic carbocycles. The number of aromatic nitrogens is 2. The molecule has 2 atom stereocenters. The maximum atomic E-state index is 6.11. The van der Waals surface area contributed by atoms with Gasteiger partial charge in [-0.3, -0.25) is 9.97 Å². The van der Waals surface area contributed by atoms with E-state index in [2.05, 4.69) is 20.6 Å². The molecule has 4 nitrogen and oxygen atoms in total. The molecule has 2 unspecified atom stereocenters. The number of anilines is 2. The van der Waals surface area contributed by atoms with Gasteiger partial charge < -0.3 is 10.6 Å². The van der Waals surface area contributed by atoms with Crippen LogP contribution in [0.5, 0.6) is 0 Å². The molecular weight excluding hydrogens is 403 g/mol. The number of hydrogen-bond acceptors (Lipinski definition) is 4. The van der Waals surface area contributed by atoms with E-state index in [1.807, 2.05) is 60.9 Å². The maximum absolute atomic E-state index is 6.11. The van der Waals surface area contributed by atoms with Crippen molar-refractivity contribution in [3.63, 3.8) is 0 Å². The van der Waals surface area contributed by atoms with E-state index < -0.39 is 0 Å². The Morgan fingerprint density at radius 1 is 0.690 bits per heavy atom. The minimum Gasteiger partial charge on any atom is -0.382 e. The highest BCUT2D eigenvalue weighted by Gasteiger charge is 2.25. The molecule has 2 aromatic heterocycles. The number of benzene rings is 2. The van der Waals surface area contributed by atoms with E-state index in [9.17, 15) is 0 Å². The smallest absolute Gasteiger partial charge is 0.0737 e. The number of nitrogens with zero attached hydrogens (tertiary/aromatic N) is 2. The monoisotopic (exact) mass is 422 g/mol. The van der Waals surface area contributed by atoms with Gasteiger partial charge in [0.1, 0.15) is 0 Å². The van der Waals surface area contributed by atoms with Gasteiger partial charge in [-0.15, -0.1) is 0 Å². The van der Waals surface area contributed by atoms with Crippen LogP contribution in [0.15, 0.2) is 60.9 Å². The molecule has 2 aromatic carbocycles. The van der Waals surface area contributed by atoms with Gasteiger partial charge in [-0.2, -0.15) is 0 Å². The molecule has 2 N–H and O–H groups in total. The summed E-state index contributed by atoms with van der Waals surface area (Å²) in [5.41, 5.74) is 4.05. The van der Waals surface area contributed by atoms with Crippen LogP contribution in [0, 0.1) is 0 Å². The van der Waals surface area contributed by atoms with Crippen LogP contribution < -0.4 is 10.6 Å². The van der Waals surface area contributed by atoms with Crippen LogP contribution in [-0.2, 0) is 0 Å². The molecule has 6 heteroatoms. The lowest BCUT2D eigenvalue weighted by Crippen LogP contribution is -2.21. The maximum Gasteiger partial charge on any atom is 0.0737 e. The minimum absolute atomic E-state index is 0.413. The van der Waals surface area contributed by atoms with Crippen LogP contribution in [0.1, 0.15) is 19.3 Å². The summed E-state index contributed by atoms with van der Waals surface area (Å²) in [5, 5.41) is 11.0. The van der Waals surface area contributed by atoms with Crippen molar-refractivity contribution in [1.82, 2.24) is 9.97 Å². The lowest BCUT2D eigenvalue weighted by atomic mass is 10.1. The van der Waals surface area contributed by atoms with Crippen molar-refractivity contribution in [2.24, 2.45) is 0 Å². The number of fused-ring (bicyclic) bond motifs is 2. The van der Waals surface area contributed by atoms with Crippen molar-refractivity contribution in [3.8, 4) is 0 Å². The highest BCUT2D eigenvalue weighted by atomic mass is 35.5. The number of halogens is 2. The normalized spacial score (nSPS) is 19.0. The largest absolute Gasteiger partial charge is 0.382 e. The van der Waals surface area contributed by atoms with Gasteiger partial charge in [0.2, 0.25) is 0 Å². The molecule has 0 aliphatic heterocycles. The predicted molar refractivity (Wildman–Crippen MR) is 122 cm³/mol. The molecule has 1 saturated carbocycles. The fraction of sp³-hybridized carbons (Fsp3) is 0.217. The first-order valence-electron chi connectivity index (χ1n) is 9.77. The molecule has 146 valence electrons. The molecule has 4 aromatic rings. The van der Waals surface area contributed by atoms with Gasteiger partial charge >= 0.3 is 0 Å². The van der Waals surface area contributed by atoms with Gasteiger partial charge in [-0.25, -0.2) is 0 Å². The van der Waals surface area contributed by atoms with Crippen molar-refractivity contribution in [2.45, 2.75) is 31.3 Å². The van der Waals surface area contributed by atoms with Crippen LogP contribution in [-0.4, -0.2) is 22.1 Å². The Kier molecular flexibility index (Phi) is 4.90. The molecule has 0 radical (unpaired) electrons. The standard InChI is InChI=1S/C23H20Cl2N4/c24-14-1-5-18-20(7-9-26-22(18)11-14)28-16-3-4-17(13-16)29-21-8-10-27-23-12-15(25)2-6-19(21)23/h1-2,5-12,16-17H,3-4,13H2,(H,26,28)(H,27,29). The fourth-order valence-electron chi connectivity index (χ4n) is 4.18. The third kappa shape index (κ3) is 3.83. The first kappa shape index (κ1) is 18.5. The number of pyridine rings is 2. The number of hydrogen-bond donors (Lipinski definition) is 2. The van der Waals surface area contributed by atoms with Gasteiger partial charge in [0, 0.05) is 56.7 Å². The van der Waals surface area contributed by atoms with Crippen LogP contribution in [0.4, 0.5) is 11.4 Å². The number of rotatable bonds is 4. The molecule has 0 saturated heterocycles. The van der Waals surface area contributed by atoms with E-state index in [1.54, 1.807) is 0 Å². The van der Waals surface area contributed by atoms with Gasteiger partial charge in [-0.1, -0.05) is 23.2 Å². The number of nitrogens with one attached hydrogen (secondary N) is 2. The summed E-state index contributed by atoms with van der Waals surface area (Å²) in [6.45, 7) is 0. The summed E-state index contributed by atoms with van der Waals surface area (Å²) in [4.78, 5) is 8.86. The van der Waals surface area contributed by atoms with Crippen molar-refractivity contribution in [1.29, 1.82) is 0 Å². The Labute approximate surface area is 179 Å². The molecule has 5 rings (SSSR count). The Bertz CT molecular complexity index is 1100. The molecule has 0 bridgehead atoms. The second kappa shape index (κ2) is 7.69. The van der Waals surface area contributed by atoms with E-state index in [0.29, 0.717) is 22.1 Å². The molecule has 0 spiro atoms. The molecule has 2 heterocycles. The van der Waals surface area contributed by atoms with Crippen molar-refractivity contribution >= 4 is 56.4 Å². The zero-order chi connectivity index (χ0) is 19.8. The zero-order valence-electron chi connectivity index (χ0n) is 15.7. The SMILES string of the molecule is Clc1ccc2c(NC3CCC(Nc4ccnc5cc(Cl)ccc45)C3)ccnc2c1. The Hall–Kier alpha value is -2.56. The Morgan fingerprint density at radius 3 is 1.66 bits per heavy atom. The Morgan fingerprint density at radius 2 is 1.17 bits per heavy atom. The average Bonchev–Trinajstić information content (AvgIpc) is 3.15. The van der Waals surface area contributed by atoms with E-state index in [0.717, 1.165) is 52.4 Å². The summed E-state index contributed by atoms with van der Waals surface area (Å²) in [6, 6.07) is 16.6. The lowest BCUT2D eigenvalue weighted by Gasteiger charge is -2.18. The van der Waals surface area contributed by atoms with Gasteiger partial charge in [0.25, 0.3) is 0 Å². The third-order valence-electron chi connectivity index (χ3n) is 5.56. The topological polar surface area (TPSA) is 49.8 Å². The van der Waals surface area contributed by atoms with E-state index in [1.165, 1.54) is 0 Å². The minimum atomic E-state index is 0.413. The van der Waals surface area contributed by atoms with Gasteiger partial charge in [0.05, 0.1) is 11.0 Å². The van der Waals surface area contributed by atoms with Crippen molar-refractivity contribution in [2.75, 3.05) is 10.6 Å². The predicted octanol–water partition coefficient (Wildman–Crippen LogP) is 6.53. The van der Waals surface area contributed by atoms with E-state index in [-0.39, 0.29) is 0 Å². The van der Waals surface area contributed by atoms with Crippen LogP contribution >= 0.6 is 23.2 Å². The Balaban J connectivity index is 1.31. The molecular formula is C23H20Cl2N4. The highest BCUT2D eigenvalue weighted by molar-refractivity contribution is 6.31. The van der Waals surface area contributed by atoms with Crippen LogP contribution in [0.25, 0.3) is 21.8 Å². The third-order valence-corrected chi connectivity index (χ3v) is 6.03. The first-order valence-corrected chi connectivity index (χ1v) is 10.5. The summed E-state index contributed by atoms with van der Waals surface area (Å²) in [7, 11) is 0. The van der Waals surface area contributed by atoms with E-state index >= 15 is 0 Å². The summed E-state index contributed by atoms with van der Waals surface area (Å²) >= 11 is 12.2. The fourth-order valence-corrected chi connectivity index (χ4v) is 4.51. The summed E-state index contributed by atoms with van der Waals surface area (Å²) in [6.07, 6.45) is 6.95. The highest BCUT2D eigenvalue weighted by Crippen LogP contribution is 2.31. The summed E-state index contributed by atoms with van der Waals surface area (Å²) in [5.74, 6) is 0. The summed E-state index contributed by atoms with van der Waals surface area (Å²) < 4.78 is 0. The van der Waals surface area contributed by atoms with E-state index in [4.69, 9.17) is 23.2 Å². The van der Waals surface area contributed by atoms with Crippen LogP contribution in [0.2, 0.25) is 10.0 Å². The average molecular weight is 423 g/mol. The molecule has 1 aliphatic rings. The molecule has 0 amide bonds. The van der Waals surface area contributed by atoms with Gasteiger partial charge in [0.15, 0.2) is 0 Å². The van der Waals surface area contributed by atoms with Crippen LogP contribution in [0.3, 0.4) is 0 Å². The lowest BCUT2D eigenvalue weighted by molar-refractivity contribution is 0.726. The quantitative estimate of drug-likeness (QED) is 0.392. The molecule has 1 fully saturated rings. The zero-order valence-corrected chi connectivity index (χ0v) is 17.2. The second-order valence-electron chi connectivity index (χ2n) is 7.54. The van der Waals surface area contributed by atoms with Gasteiger partial charge in [-0.05, 0) is 67.8 Å².